The fourth-order valence-corrected chi connectivity index (χ4v) is 2.75. The SMILES string of the molecule is CC(N)CCS(=O)Cc1cccc(Cl)c1. The van der Waals surface area contributed by atoms with Crippen LogP contribution in [-0.2, 0) is 16.6 Å². The fourth-order valence-electron chi connectivity index (χ4n) is 1.20. The van der Waals surface area contributed by atoms with Crippen molar-refractivity contribution < 1.29 is 4.21 Å². The molecule has 0 heterocycles. The molecule has 0 aromatic heterocycles. The van der Waals surface area contributed by atoms with Crippen molar-refractivity contribution in [3.05, 3.63) is 34.9 Å². The molecule has 2 nitrogen and oxygen atoms in total. The Balaban J connectivity index is 2.44. The molecule has 0 amide bonds. The maximum absolute atomic E-state index is 11.6. The molecule has 0 saturated carbocycles. The first-order valence-electron chi connectivity index (χ1n) is 4.93. The third kappa shape index (κ3) is 5.30. The standard InChI is InChI=1S/C11H16ClNOS/c1-9(13)5-6-15(14)8-10-3-2-4-11(12)7-10/h2-4,7,9H,5-6,8,13H2,1H3. The highest BCUT2D eigenvalue weighted by Gasteiger charge is 2.03. The van der Waals surface area contributed by atoms with Gasteiger partial charge in [-0.15, -0.1) is 0 Å². The minimum Gasteiger partial charge on any atom is -0.328 e. The molecule has 2 unspecified atom stereocenters. The second kappa shape index (κ2) is 6.26. The van der Waals surface area contributed by atoms with Crippen LogP contribution in [0, 0.1) is 0 Å². The lowest BCUT2D eigenvalue weighted by atomic mass is 10.2. The summed E-state index contributed by atoms with van der Waals surface area (Å²) in [5.41, 5.74) is 6.62. The summed E-state index contributed by atoms with van der Waals surface area (Å²) in [5.74, 6) is 1.22. The molecule has 4 heteroatoms. The van der Waals surface area contributed by atoms with Crippen molar-refractivity contribution in [2.45, 2.75) is 25.1 Å². The highest BCUT2D eigenvalue weighted by Crippen LogP contribution is 2.12. The van der Waals surface area contributed by atoms with E-state index in [1.165, 1.54) is 0 Å². The van der Waals surface area contributed by atoms with E-state index >= 15 is 0 Å². The molecule has 1 aromatic carbocycles. The summed E-state index contributed by atoms with van der Waals surface area (Å²) in [7, 11) is -0.838. The molecule has 0 bridgehead atoms. The molecule has 0 aliphatic heterocycles. The minimum absolute atomic E-state index is 0.119. The molecule has 0 radical (unpaired) electrons. The minimum atomic E-state index is -0.838. The van der Waals surface area contributed by atoms with Crippen molar-refractivity contribution >= 4 is 22.4 Å². The van der Waals surface area contributed by atoms with Crippen LogP contribution in [0.5, 0.6) is 0 Å². The third-order valence-electron chi connectivity index (χ3n) is 2.02. The number of nitrogens with two attached hydrogens (primary N) is 1. The molecule has 0 saturated heterocycles. The molecule has 1 aromatic rings. The van der Waals surface area contributed by atoms with E-state index in [1.807, 2.05) is 31.2 Å². The van der Waals surface area contributed by atoms with Crippen LogP contribution in [-0.4, -0.2) is 16.0 Å². The van der Waals surface area contributed by atoms with Crippen LogP contribution < -0.4 is 5.73 Å². The Kier molecular flexibility index (Phi) is 5.29. The van der Waals surface area contributed by atoms with Crippen molar-refractivity contribution in [1.29, 1.82) is 0 Å². The summed E-state index contributed by atoms with van der Waals surface area (Å²) >= 11 is 5.84. The molecule has 0 aliphatic rings. The Bertz CT molecular complexity index is 341. The molecule has 15 heavy (non-hydrogen) atoms. The number of hydrogen-bond donors (Lipinski definition) is 1. The Hall–Kier alpha value is -0.380. The summed E-state index contributed by atoms with van der Waals surface area (Å²) in [6.07, 6.45) is 0.799. The van der Waals surface area contributed by atoms with Crippen molar-refractivity contribution in [2.75, 3.05) is 5.75 Å². The molecule has 2 atom stereocenters. The van der Waals surface area contributed by atoms with E-state index in [0.29, 0.717) is 16.5 Å². The van der Waals surface area contributed by atoms with Crippen molar-refractivity contribution in [3.8, 4) is 0 Å². The van der Waals surface area contributed by atoms with Gasteiger partial charge in [0.2, 0.25) is 0 Å². The Morgan fingerprint density at radius 1 is 1.53 bits per heavy atom. The van der Waals surface area contributed by atoms with Crippen LogP contribution in [0.3, 0.4) is 0 Å². The number of rotatable bonds is 5. The lowest BCUT2D eigenvalue weighted by Gasteiger charge is -2.05. The zero-order chi connectivity index (χ0) is 11.3. The Morgan fingerprint density at radius 2 is 2.27 bits per heavy atom. The zero-order valence-corrected chi connectivity index (χ0v) is 10.4. The van der Waals surface area contributed by atoms with Crippen LogP contribution in [0.15, 0.2) is 24.3 Å². The Morgan fingerprint density at radius 3 is 2.87 bits per heavy atom. The van der Waals surface area contributed by atoms with E-state index in [4.69, 9.17) is 17.3 Å². The van der Waals surface area contributed by atoms with Gasteiger partial charge in [-0.3, -0.25) is 4.21 Å². The maximum atomic E-state index is 11.6. The van der Waals surface area contributed by atoms with Gasteiger partial charge in [0.25, 0.3) is 0 Å². The van der Waals surface area contributed by atoms with Gasteiger partial charge in [-0.1, -0.05) is 23.7 Å². The van der Waals surface area contributed by atoms with Gasteiger partial charge >= 0.3 is 0 Å². The molecular formula is C11H16ClNOS. The van der Waals surface area contributed by atoms with Gasteiger partial charge in [-0.2, -0.15) is 0 Å². The first kappa shape index (κ1) is 12.7. The lowest BCUT2D eigenvalue weighted by Crippen LogP contribution is -2.18. The first-order chi connectivity index (χ1) is 7.08. The Labute approximate surface area is 98.3 Å². The fraction of sp³-hybridized carbons (Fsp3) is 0.455. The molecule has 2 N–H and O–H groups in total. The van der Waals surface area contributed by atoms with Gasteiger partial charge < -0.3 is 5.73 Å². The average Bonchev–Trinajstić information content (AvgIpc) is 2.15. The lowest BCUT2D eigenvalue weighted by molar-refractivity contribution is 0.667. The van der Waals surface area contributed by atoms with E-state index in [1.54, 1.807) is 0 Å². The van der Waals surface area contributed by atoms with Crippen LogP contribution in [0.1, 0.15) is 18.9 Å². The van der Waals surface area contributed by atoms with Crippen molar-refractivity contribution in [1.82, 2.24) is 0 Å². The molecule has 84 valence electrons. The van der Waals surface area contributed by atoms with Crippen molar-refractivity contribution in [2.24, 2.45) is 5.73 Å². The highest BCUT2D eigenvalue weighted by molar-refractivity contribution is 7.84. The van der Waals surface area contributed by atoms with E-state index in [9.17, 15) is 4.21 Å². The first-order valence-corrected chi connectivity index (χ1v) is 6.79. The average molecular weight is 246 g/mol. The van der Waals surface area contributed by atoms with E-state index < -0.39 is 10.8 Å². The molecule has 1 rings (SSSR count). The summed E-state index contributed by atoms with van der Waals surface area (Å²) < 4.78 is 11.6. The normalized spacial score (nSPS) is 14.9. The molecule has 0 fully saturated rings. The van der Waals surface area contributed by atoms with Crippen molar-refractivity contribution in [3.63, 3.8) is 0 Å². The predicted octanol–water partition coefficient (Wildman–Crippen LogP) is 2.33. The quantitative estimate of drug-likeness (QED) is 0.865. The van der Waals surface area contributed by atoms with Crippen LogP contribution in [0.2, 0.25) is 5.02 Å². The second-order valence-electron chi connectivity index (χ2n) is 3.68. The number of benzene rings is 1. The predicted molar refractivity (Wildman–Crippen MR) is 66.4 cm³/mol. The topological polar surface area (TPSA) is 43.1 Å². The van der Waals surface area contributed by atoms with Gasteiger partial charge in [0.15, 0.2) is 0 Å². The smallest absolute Gasteiger partial charge is 0.0486 e. The van der Waals surface area contributed by atoms with Gasteiger partial charge in [0.05, 0.1) is 0 Å². The zero-order valence-electron chi connectivity index (χ0n) is 8.78. The monoisotopic (exact) mass is 245 g/mol. The molecular weight excluding hydrogens is 230 g/mol. The molecule has 0 aliphatic carbocycles. The van der Waals surface area contributed by atoms with E-state index in [-0.39, 0.29) is 6.04 Å². The van der Waals surface area contributed by atoms with Crippen LogP contribution in [0.25, 0.3) is 0 Å². The van der Waals surface area contributed by atoms with Gasteiger partial charge in [0.1, 0.15) is 0 Å². The highest BCUT2D eigenvalue weighted by atomic mass is 35.5. The van der Waals surface area contributed by atoms with Crippen LogP contribution in [0.4, 0.5) is 0 Å². The third-order valence-corrected chi connectivity index (χ3v) is 3.60. The van der Waals surface area contributed by atoms with Gasteiger partial charge in [0, 0.05) is 33.4 Å². The van der Waals surface area contributed by atoms with E-state index in [2.05, 4.69) is 0 Å². The van der Waals surface area contributed by atoms with Gasteiger partial charge in [-0.05, 0) is 31.0 Å². The van der Waals surface area contributed by atoms with E-state index in [0.717, 1.165) is 12.0 Å². The summed E-state index contributed by atoms with van der Waals surface area (Å²) in [6, 6.07) is 7.60. The summed E-state index contributed by atoms with van der Waals surface area (Å²) in [6.45, 7) is 1.93. The van der Waals surface area contributed by atoms with Gasteiger partial charge in [-0.25, -0.2) is 0 Å². The number of halogens is 1. The van der Waals surface area contributed by atoms with Crippen LogP contribution >= 0.6 is 11.6 Å². The maximum Gasteiger partial charge on any atom is 0.0486 e. The largest absolute Gasteiger partial charge is 0.328 e. The number of hydrogen-bond acceptors (Lipinski definition) is 2. The molecule has 0 spiro atoms. The summed E-state index contributed by atoms with van der Waals surface area (Å²) in [5, 5.41) is 0.691. The second-order valence-corrected chi connectivity index (χ2v) is 5.70. The summed E-state index contributed by atoms with van der Waals surface area (Å²) in [4.78, 5) is 0.